The molecule has 0 aromatic carbocycles. The minimum atomic E-state index is -1.49. The Labute approximate surface area is 254 Å². The van der Waals surface area contributed by atoms with Gasteiger partial charge in [0.2, 0.25) is 0 Å². The zero-order valence-electron chi connectivity index (χ0n) is 28.5. The average molecular weight is 583 g/mol. The van der Waals surface area contributed by atoms with Crippen LogP contribution < -0.4 is 11.5 Å². The number of nitrogens with two attached hydrogens (primary N) is 2. The summed E-state index contributed by atoms with van der Waals surface area (Å²) >= 11 is 0. The minimum Gasteiger partial charge on any atom is -0.357 e. The van der Waals surface area contributed by atoms with Gasteiger partial charge in [-0.05, 0) is 61.3 Å². The van der Waals surface area contributed by atoms with Gasteiger partial charge in [-0.25, -0.2) is 0 Å². The third-order valence-corrected chi connectivity index (χ3v) is 7.93. The van der Waals surface area contributed by atoms with Crippen LogP contribution in [0.5, 0.6) is 0 Å². The van der Waals surface area contributed by atoms with Gasteiger partial charge in [0, 0.05) is 6.54 Å². The number of hydrogen-bond donors (Lipinski definition) is 2. The van der Waals surface area contributed by atoms with Crippen LogP contribution in [-0.4, -0.2) is 59.8 Å². The fraction of sp³-hybridized carbons (Fsp3) is 0.971. The molecule has 1 rings (SSSR count). The topological polar surface area (TPSA) is 95.3 Å². The highest BCUT2D eigenvalue weighted by Gasteiger charge is 2.60. The van der Waals surface area contributed by atoms with E-state index in [-0.39, 0.29) is 24.5 Å². The number of unbranched alkanes of at least 4 members (excludes halogenated alkanes) is 15. The monoisotopic (exact) mass is 583 g/mol. The molecule has 0 fully saturated rings. The maximum atomic E-state index is 7.12. The van der Waals surface area contributed by atoms with Gasteiger partial charge in [0.05, 0.1) is 31.0 Å². The first-order valence-corrected chi connectivity index (χ1v) is 17.4. The molecule has 0 spiro atoms. The van der Waals surface area contributed by atoms with E-state index in [2.05, 4.69) is 11.8 Å². The summed E-state index contributed by atoms with van der Waals surface area (Å²) in [7, 11) is 0. The van der Waals surface area contributed by atoms with Crippen molar-refractivity contribution < 1.29 is 14.2 Å². The maximum Gasteiger partial charge on any atom is 0.263 e. The average Bonchev–Trinajstić information content (AvgIpc) is 3.37. The standard InChI is InChI=1S/C34H70N4O3/c1-9-10-11-12-13-14-15-16-17-18-19-20-21-22-23-24-25-33(39-28(2)3,32-37-26-27-38(32)31(8)35)34(36,40-29(4)5)41-30(6)7/h28-31H,9-27,35-36H2,1-8H3. The van der Waals surface area contributed by atoms with Crippen molar-refractivity contribution in [3.63, 3.8) is 0 Å². The molecule has 0 radical (unpaired) electrons. The molecule has 0 saturated heterocycles. The first kappa shape index (κ1) is 38.3. The molecule has 0 aromatic rings. The highest BCUT2D eigenvalue weighted by atomic mass is 16.7. The lowest BCUT2D eigenvalue weighted by atomic mass is 9.88. The van der Waals surface area contributed by atoms with Crippen molar-refractivity contribution in [3.8, 4) is 0 Å². The summed E-state index contributed by atoms with van der Waals surface area (Å²) in [6, 6.07) is 0. The highest BCUT2D eigenvalue weighted by Crippen LogP contribution is 2.39. The summed E-state index contributed by atoms with van der Waals surface area (Å²) in [6.45, 7) is 17.7. The first-order chi connectivity index (χ1) is 19.5. The number of hydrogen-bond acceptors (Lipinski definition) is 7. The number of nitrogens with zero attached hydrogens (tertiary/aromatic N) is 2. The second-order valence-electron chi connectivity index (χ2n) is 13.2. The van der Waals surface area contributed by atoms with Crippen molar-refractivity contribution in [1.82, 2.24) is 4.90 Å². The van der Waals surface area contributed by atoms with E-state index in [4.69, 9.17) is 30.7 Å². The van der Waals surface area contributed by atoms with Gasteiger partial charge in [0.15, 0.2) is 5.60 Å². The van der Waals surface area contributed by atoms with Crippen molar-refractivity contribution in [2.45, 2.75) is 201 Å². The molecule has 0 aliphatic carbocycles. The molecule has 7 nitrogen and oxygen atoms in total. The molecule has 7 heteroatoms. The van der Waals surface area contributed by atoms with E-state index in [9.17, 15) is 0 Å². The van der Waals surface area contributed by atoms with Gasteiger partial charge in [-0.1, -0.05) is 103 Å². The van der Waals surface area contributed by atoms with Crippen LogP contribution >= 0.6 is 0 Å². The third kappa shape index (κ3) is 14.1. The summed E-state index contributed by atoms with van der Waals surface area (Å²) in [5.41, 5.74) is 12.5. The molecule has 1 heterocycles. The molecule has 0 bridgehead atoms. The summed E-state index contributed by atoms with van der Waals surface area (Å²) in [4.78, 5) is 7.05. The number of rotatable bonds is 26. The molecule has 2 unspecified atom stereocenters. The maximum absolute atomic E-state index is 7.12. The Morgan fingerprint density at radius 3 is 1.41 bits per heavy atom. The van der Waals surface area contributed by atoms with E-state index >= 15 is 0 Å². The largest absolute Gasteiger partial charge is 0.357 e. The summed E-state index contributed by atoms with van der Waals surface area (Å²) in [5.74, 6) is -0.725. The molecule has 244 valence electrons. The Balaban J connectivity index is 2.69. The van der Waals surface area contributed by atoms with Crippen molar-refractivity contribution in [1.29, 1.82) is 0 Å². The Hall–Kier alpha value is -0.730. The van der Waals surface area contributed by atoms with Crippen LogP contribution in [0.15, 0.2) is 4.99 Å². The predicted molar refractivity (Wildman–Crippen MR) is 175 cm³/mol. The van der Waals surface area contributed by atoms with Gasteiger partial charge in [-0.3, -0.25) is 10.7 Å². The first-order valence-electron chi connectivity index (χ1n) is 17.4. The highest BCUT2D eigenvalue weighted by molar-refractivity contribution is 5.93. The molecule has 1 aliphatic rings. The van der Waals surface area contributed by atoms with E-state index in [0.29, 0.717) is 13.0 Å². The lowest BCUT2D eigenvalue weighted by Crippen LogP contribution is -2.73. The Bertz CT molecular complexity index is 673. The molecular weight excluding hydrogens is 512 g/mol. The second-order valence-corrected chi connectivity index (χ2v) is 13.2. The fourth-order valence-electron chi connectivity index (χ4n) is 6.10. The third-order valence-electron chi connectivity index (χ3n) is 7.93. The van der Waals surface area contributed by atoms with Gasteiger partial charge >= 0.3 is 0 Å². The van der Waals surface area contributed by atoms with Crippen LogP contribution in [0.2, 0.25) is 0 Å². The van der Waals surface area contributed by atoms with E-state index in [1.807, 2.05) is 48.5 Å². The van der Waals surface area contributed by atoms with Gasteiger partial charge < -0.3 is 24.8 Å². The molecule has 1 aliphatic heterocycles. The van der Waals surface area contributed by atoms with E-state index in [1.54, 1.807) is 0 Å². The van der Waals surface area contributed by atoms with Crippen molar-refractivity contribution in [3.05, 3.63) is 0 Å². The predicted octanol–water partition coefficient (Wildman–Crippen LogP) is 8.28. The Kier molecular flexibility index (Phi) is 19.7. The lowest BCUT2D eigenvalue weighted by Gasteiger charge is -2.51. The SMILES string of the molecule is CCCCCCCCCCCCCCCCCCC(OC(C)C)(C1=NCCN1C(C)N)C(N)(OC(C)C)OC(C)C. The van der Waals surface area contributed by atoms with Crippen LogP contribution in [-0.2, 0) is 14.2 Å². The zero-order chi connectivity index (χ0) is 30.7. The molecule has 0 aromatic heterocycles. The number of aliphatic imine (C=N–C) groups is 1. The van der Waals surface area contributed by atoms with Crippen LogP contribution in [0.4, 0.5) is 0 Å². The van der Waals surface area contributed by atoms with E-state index in [1.165, 1.54) is 89.9 Å². The van der Waals surface area contributed by atoms with Gasteiger partial charge in [-0.2, -0.15) is 0 Å². The van der Waals surface area contributed by atoms with Crippen LogP contribution in [0.1, 0.15) is 165 Å². The molecule has 2 atom stereocenters. The van der Waals surface area contributed by atoms with Crippen LogP contribution in [0.3, 0.4) is 0 Å². The zero-order valence-corrected chi connectivity index (χ0v) is 28.5. The summed E-state index contributed by atoms with van der Waals surface area (Å²) in [6.07, 6.45) is 21.4. The molecule has 0 amide bonds. The van der Waals surface area contributed by atoms with Gasteiger partial charge in [-0.15, -0.1) is 0 Å². The van der Waals surface area contributed by atoms with Crippen molar-refractivity contribution >= 4 is 5.84 Å². The summed E-state index contributed by atoms with van der Waals surface area (Å²) < 4.78 is 19.6. The Morgan fingerprint density at radius 2 is 1.05 bits per heavy atom. The molecule has 0 saturated carbocycles. The van der Waals surface area contributed by atoms with E-state index < -0.39 is 11.5 Å². The van der Waals surface area contributed by atoms with E-state index in [0.717, 1.165) is 25.2 Å². The second kappa shape index (κ2) is 21.1. The minimum absolute atomic E-state index is 0.0938. The quantitative estimate of drug-likeness (QED) is 0.0787. The van der Waals surface area contributed by atoms with Crippen molar-refractivity contribution in [2.24, 2.45) is 16.5 Å². The van der Waals surface area contributed by atoms with Gasteiger partial charge in [0.25, 0.3) is 5.91 Å². The molecule has 4 N–H and O–H groups in total. The number of amidine groups is 1. The smallest absolute Gasteiger partial charge is 0.263 e. The Morgan fingerprint density at radius 1 is 0.659 bits per heavy atom. The molecular formula is C34H70N4O3. The molecule has 41 heavy (non-hydrogen) atoms. The van der Waals surface area contributed by atoms with Gasteiger partial charge in [0.1, 0.15) is 5.84 Å². The normalized spacial score (nSPS) is 16.7. The van der Waals surface area contributed by atoms with Crippen LogP contribution in [0.25, 0.3) is 0 Å². The number of ether oxygens (including phenoxy) is 3. The fourth-order valence-corrected chi connectivity index (χ4v) is 6.10. The summed E-state index contributed by atoms with van der Waals surface area (Å²) in [5, 5.41) is 0. The van der Waals surface area contributed by atoms with Crippen LogP contribution in [0, 0.1) is 0 Å². The van der Waals surface area contributed by atoms with Crippen molar-refractivity contribution in [2.75, 3.05) is 13.1 Å². The lowest BCUT2D eigenvalue weighted by molar-refractivity contribution is -0.339.